The van der Waals surface area contributed by atoms with E-state index in [1.54, 1.807) is 0 Å². The first-order valence-corrected chi connectivity index (χ1v) is 9.17. The zero-order chi connectivity index (χ0) is 15.4. The third-order valence-corrected chi connectivity index (χ3v) is 6.94. The van der Waals surface area contributed by atoms with Gasteiger partial charge in [0.1, 0.15) is 0 Å². The van der Waals surface area contributed by atoms with Gasteiger partial charge in [0.2, 0.25) is 0 Å². The maximum Gasteiger partial charge on any atom is 0.0282 e. The van der Waals surface area contributed by atoms with Gasteiger partial charge in [-0.3, -0.25) is 0 Å². The first kappa shape index (κ1) is 15.2. The van der Waals surface area contributed by atoms with Crippen molar-refractivity contribution < 1.29 is 0 Å². The van der Waals surface area contributed by atoms with Crippen LogP contribution in [0.15, 0.2) is 84.5 Å². The van der Waals surface area contributed by atoms with Crippen LogP contribution in [0.2, 0.25) is 0 Å². The number of likely N-dealkylation sites (N-methyl/N-ethyl adjacent to an activating group) is 1. The van der Waals surface area contributed by atoms with E-state index in [0.29, 0.717) is 11.7 Å². The van der Waals surface area contributed by atoms with Gasteiger partial charge < -0.3 is 5.32 Å². The molecule has 112 valence electrons. The molecule has 1 nitrogen and oxygen atoms in total. The highest BCUT2D eigenvalue weighted by atomic mass is 31.1. The van der Waals surface area contributed by atoms with Gasteiger partial charge in [-0.15, -0.1) is 0 Å². The molecule has 22 heavy (non-hydrogen) atoms. The van der Waals surface area contributed by atoms with E-state index in [1.165, 1.54) is 16.2 Å². The summed E-state index contributed by atoms with van der Waals surface area (Å²) in [4.78, 5) is 0. The molecule has 0 fully saturated rings. The maximum absolute atomic E-state index is 3.40. The minimum atomic E-state index is -0.425. The van der Waals surface area contributed by atoms with Crippen molar-refractivity contribution in [3.05, 3.63) is 84.5 Å². The normalized spacial score (nSPS) is 18.5. The van der Waals surface area contributed by atoms with Crippen molar-refractivity contribution in [2.45, 2.75) is 18.6 Å². The number of hydrogen-bond donors (Lipinski definition) is 1. The van der Waals surface area contributed by atoms with Crippen molar-refractivity contribution in [1.29, 1.82) is 0 Å². The van der Waals surface area contributed by atoms with Crippen LogP contribution < -0.4 is 15.9 Å². The van der Waals surface area contributed by atoms with Gasteiger partial charge in [0.15, 0.2) is 0 Å². The summed E-state index contributed by atoms with van der Waals surface area (Å²) in [6.45, 7) is 2.25. The van der Waals surface area contributed by atoms with Gasteiger partial charge in [-0.25, -0.2) is 0 Å². The van der Waals surface area contributed by atoms with Crippen LogP contribution in [-0.2, 0) is 0 Å². The molecule has 0 radical (unpaired) electrons. The summed E-state index contributed by atoms with van der Waals surface area (Å²) in [5, 5.41) is 6.28. The third-order valence-electron chi connectivity index (χ3n) is 4.20. The van der Waals surface area contributed by atoms with Crippen molar-refractivity contribution in [3.8, 4) is 0 Å². The van der Waals surface area contributed by atoms with E-state index in [-0.39, 0.29) is 0 Å². The van der Waals surface area contributed by atoms with Gasteiger partial charge in [0, 0.05) is 11.7 Å². The Morgan fingerprint density at radius 2 is 1.45 bits per heavy atom. The van der Waals surface area contributed by atoms with Crippen molar-refractivity contribution in [1.82, 2.24) is 5.32 Å². The SMILES string of the molecule is CN[C@@H](C)C1=CC=CC1P(c1ccccc1)c1ccccc1. The lowest BCUT2D eigenvalue weighted by molar-refractivity contribution is 0.685. The van der Waals surface area contributed by atoms with Crippen LogP contribution in [0.3, 0.4) is 0 Å². The van der Waals surface area contributed by atoms with E-state index >= 15 is 0 Å². The standard InChI is InChI=1S/C20H22NP/c1-16(21-2)19-14-9-15-20(19)22(17-10-5-3-6-11-17)18-12-7-4-8-13-18/h3-16,20-21H,1-2H3/t16-,20?/m0/s1. The Morgan fingerprint density at radius 3 is 1.95 bits per heavy atom. The van der Waals surface area contributed by atoms with Crippen LogP contribution in [0.4, 0.5) is 0 Å². The fraction of sp³-hybridized carbons (Fsp3) is 0.200. The summed E-state index contributed by atoms with van der Waals surface area (Å²) < 4.78 is 0. The summed E-state index contributed by atoms with van der Waals surface area (Å²) in [6, 6.07) is 22.3. The molecule has 3 rings (SSSR count). The average Bonchev–Trinajstić information content (AvgIpc) is 3.06. The largest absolute Gasteiger partial charge is 0.314 e. The van der Waals surface area contributed by atoms with E-state index in [4.69, 9.17) is 0 Å². The highest BCUT2D eigenvalue weighted by Crippen LogP contribution is 2.46. The van der Waals surface area contributed by atoms with E-state index in [0.717, 1.165) is 0 Å². The molecule has 0 amide bonds. The minimum absolute atomic E-state index is 0.400. The molecular formula is C20H22NP. The molecule has 2 aromatic carbocycles. The van der Waals surface area contributed by atoms with Gasteiger partial charge in [0.05, 0.1) is 0 Å². The van der Waals surface area contributed by atoms with E-state index in [2.05, 4.69) is 91.1 Å². The Labute approximate surface area is 134 Å². The molecule has 0 aromatic heterocycles. The van der Waals surface area contributed by atoms with Crippen LogP contribution in [0, 0.1) is 0 Å². The highest BCUT2D eigenvalue weighted by molar-refractivity contribution is 7.74. The van der Waals surface area contributed by atoms with E-state index in [9.17, 15) is 0 Å². The monoisotopic (exact) mass is 307 g/mol. The molecule has 0 saturated heterocycles. The number of rotatable bonds is 5. The number of nitrogens with one attached hydrogen (secondary N) is 1. The smallest absolute Gasteiger partial charge is 0.0282 e. The van der Waals surface area contributed by atoms with Crippen LogP contribution in [0.5, 0.6) is 0 Å². The predicted octanol–water partition coefficient (Wildman–Crippen LogP) is 3.59. The van der Waals surface area contributed by atoms with Crippen molar-refractivity contribution in [2.24, 2.45) is 0 Å². The Balaban J connectivity index is 2.03. The first-order chi connectivity index (χ1) is 10.8. The number of allylic oxidation sites excluding steroid dienone is 3. The fourth-order valence-electron chi connectivity index (χ4n) is 2.93. The summed E-state index contributed by atoms with van der Waals surface area (Å²) in [6.07, 6.45) is 6.87. The quantitative estimate of drug-likeness (QED) is 0.832. The Bertz CT molecular complexity index is 621. The second-order valence-corrected chi connectivity index (χ2v) is 7.88. The first-order valence-electron chi connectivity index (χ1n) is 7.76. The third kappa shape index (κ3) is 3.06. The second-order valence-electron chi connectivity index (χ2n) is 5.55. The number of hydrogen-bond acceptors (Lipinski definition) is 1. The van der Waals surface area contributed by atoms with E-state index < -0.39 is 7.92 Å². The van der Waals surface area contributed by atoms with Crippen LogP contribution in [0.25, 0.3) is 0 Å². The Morgan fingerprint density at radius 1 is 0.909 bits per heavy atom. The van der Waals surface area contributed by atoms with Gasteiger partial charge >= 0.3 is 0 Å². The molecule has 0 bridgehead atoms. The molecule has 0 aliphatic heterocycles. The second kappa shape index (κ2) is 7.05. The molecule has 0 heterocycles. The maximum atomic E-state index is 3.40. The molecular weight excluding hydrogens is 285 g/mol. The summed E-state index contributed by atoms with van der Waals surface area (Å²) in [5.74, 6) is 0. The Hall–Kier alpha value is -1.69. The van der Waals surface area contributed by atoms with Gasteiger partial charge in [-0.2, -0.15) is 0 Å². The molecule has 0 spiro atoms. The molecule has 1 aliphatic carbocycles. The lowest BCUT2D eigenvalue weighted by Crippen LogP contribution is -2.31. The summed E-state index contributed by atoms with van der Waals surface area (Å²) in [7, 11) is 1.61. The molecule has 0 saturated carbocycles. The fourth-order valence-corrected chi connectivity index (χ4v) is 5.74. The summed E-state index contributed by atoms with van der Waals surface area (Å²) in [5.41, 5.74) is 1.96. The zero-order valence-corrected chi connectivity index (χ0v) is 14.0. The molecule has 2 atom stereocenters. The van der Waals surface area contributed by atoms with Crippen LogP contribution in [-0.4, -0.2) is 18.7 Å². The average molecular weight is 307 g/mol. The van der Waals surface area contributed by atoms with Crippen molar-refractivity contribution in [2.75, 3.05) is 7.05 Å². The van der Waals surface area contributed by atoms with Gasteiger partial charge in [-0.1, -0.05) is 78.9 Å². The molecule has 2 heteroatoms. The van der Waals surface area contributed by atoms with Crippen molar-refractivity contribution in [3.63, 3.8) is 0 Å². The zero-order valence-electron chi connectivity index (χ0n) is 13.1. The summed E-state index contributed by atoms with van der Waals surface area (Å²) >= 11 is 0. The lowest BCUT2D eigenvalue weighted by Gasteiger charge is -2.29. The molecule has 1 aliphatic rings. The lowest BCUT2D eigenvalue weighted by atomic mass is 10.1. The highest BCUT2D eigenvalue weighted by Gasteiger charge is 2.29. The predicted molar refractivity (Wildman–Crippen MR) is 98.6 cm³/mol. The molecule has 1 unspecified atom stereocenters. The van der Waals surface area contributed by atoms with E-state index in [1.807, 2.05) is 7.05 Å². The minimum Gasteiger partial charge on any atom is -0.314 e. The Kier molecular flexibility index (Phi) is 4.87. The molecule has 1 N–H and O–H groups in total. The number of benzene rings is 2. The van der Waals surface area contributed by atoms with Gasteiger partial charge in [-0.05, 0) is 38.1 Å². The molecule has 2 aromatic rings. The topological polar surface area (TPSA) is 12.0 Å². The van der Waals surface area contributed by atoms with Crippen LogP contribution >= 0.6 is 7.92 Å². The van der Waals surface area contributed by atoms with Crippen molar-refractivity contribution >= 4 is 18.5 Å². The van der Waals surface area contributed by atoms with Crippen LogP contribution in [0.1, 0.15) is 6.92 Å². The van der Waals surface area contributed by atoms with Gasteiger partial charge in [0.25, 0.3) is 0 Å².